The van der Waals surface area contributed by atoms with Crippen LogP contribution in [0.1, 0.15) is 25.6 Å². The van der Waals surface area contributed by atoms with Crippen LogP contribution in [0.2, 0.25) is 0 Å². The maximum absolute atomic E-state index is 12.7. The summed E-state index contributed by atoms with van der Waals surface area (Å²) in [6.07, 6.45) is 1.83. The SMILES string of the molecule is C=C(F)CN1CCC(C)(c2nn[nH]n2)CC1. The lowest BCUT2D eigenvalue weighted by Gasteiger charge is -2.36. The van der Waals surface area contributed by atoms with Gasteiger partial charge in [-0.25, -0.2) is 4.39 Å². The average molecular weight is 225 g/mol. The highest BCUT2D eigenvalue weighted by atomic mass is 19.1. The Morgan fingerprint density at radius 1 is 1.56 bits per heavy atom. The highest BCUT2D eigenvalue weighted by Crippen LogP contribution is 2.32. The molecule has 2 heterocycles. The van der Waals surface area contributed by atoms with Crippen molar-refractivity contribution in [2.24, 2.45) is 0 Å². The highest BCUT2D eigenvalue weighted by molar-refractivity contribution is 5.05. The summed E-state index contributed by atoms with van der Waals surface area (Å²) in [5, 5.41) is 14.1. The van der Waals surface area contributed by atoms with Gasteiger partial charge in [-0.1, -0.05) is 18.7 Å². The zero-order valence-corrected chi connectivity index (χ0v) is 9.41. The van der Waals surface area contributed by atoms with E-state index in [2.05, 4.69) is 39.0 Å². The molecule has 0 saturated carbocycles. The molecular formula is C10H16FN5. The number of halogens is 1. The minimum atomic E-state index is -0.275. The van der Waals surface area contributed by atoms with Crippen molar-refractivity contribution in [1.82, 2.24) is 25.5 Å². The molecule has 1 aromatic rings. The van der Waals surface area contributed by atoms with E-state index in [9.17, 15) is 4.39 Å². The predicted molar refractivity (Wildman–Crippen MR) is 57.5 cm³/mol. The van der Waals surface area contributed by atoms with Gasteiger partial charge in [0.2, 0.25) is 0 Å². The summed E-state index contributed by atoms with van der Waals surface area (Å²) in [5.41, 5.74) is -0.0405. The van der Waals surface area contributed by atoms with Crippen molar-refractivity contribution < 1.29 is 4.39 Å². The molecule has 1 aliphatic rings. The van der Waals surface area contributed by atoms with Crippen molar-refractivity contribution in [3.63, 3.8) is 0 Å². The molecule has 5 nitrogen and oxygen atoms in total. The van der Waals surface area contributed by atoms with Gasteiger partial charge in [0.25, 0.3) is 0 Å². The van der Waals surface area contributed by atoms with Crippen LogP contribution < -0.4 is 0 Å². The van der Waals surface area contributed by atoms with Gasteiger partial charge in [0, 0.05) is 12.0 Å². The fourth-order valence-electron chi connectivity index (χ4n) is 2.09. The Labute approximate surface area is 93.7 Å². The number of hydrogen-bond acceptors (Lipinski definition) is 4. The van der Waals surface area contributed by atoms with Crippen LogP contribution in [0.25, 0.3) is 0 Å². The number of likely N-dealkylation sites (tertiary alicyclic amines) is 1. The lowest BCUT2D eigenvalue weighted by atomic mass is 9.80. The monoisotopic (exact) mass is 225 g/mol. The van der Waals surface area contributed by atoms with Gasteiger partial charge in [0.15, 0.2) is 5.82 Å². The molecule has 1 aliphatic heterocycles. The molecule has 1 fully saturated rings. The quantitative estimate of drug-likeness (QED) is 0.835. The molecule has 0 radical (unpaired) electrons. The molecule has 0 spiro atoms. The van der Waals surface area contributed by atoms with E-state index in [1.165, 1.54) is 0 Å². The summed E-state index contributed by atoms with van der Waals surface area (Å²) in [4.78, 5) is 2.06. The first kappa shape index (κ1) is 11.2. The maximum Gasteiger partial charge on any atom is 0.180 e. The van der Waals surface area contributed by atoms with E-state index in [0.29, 0.717) is 6.54 Å². The minimum Gasteiger partial charge on any atom is -0.297 e. The van der Waals surface area contributed by atoms with Crippen molar-refractivity contribution in [3.05, 3.63) is 18.2 Å². The summed E-state index contributed by atoms with van der Waals surface area (Å²) in [6.45, 7) is 7.43. The number of aromatic amines is 1. The van der Waals surface area contributed by atoms with Crippen LogP contribution >= 0.6 is 0 Å². The molecule has 0 unspecified atom stereocenters. The Kier molecular flexibility index (Phi) is 3.00. The Balaban J connectivity index is 1.96. The first-order valence-corrected chi connectivity index (χ1v) is 5.40. The van der Waals surface area contributed by atoms with Gasteiger partial charge in [-0.05, 0) is 25.9 Å². The molecule has 0 bridgehead atoms. The summed E-state index contributed by atoms with van der Waals surface area (Å²) >= 11 is 0. The highest BCUT2D eigenvalue weighted by Gasteiger charge is 2.35. The zero-order valence-electron chi connectivity index (χ0n) is 9.41. The van der Waals surface area contributed by atoms with Crippen LogP contribution in [-0.2, 0) is 5.41 Å². The number of nitrogens with zero attached hydrogens (tertiary/aromatic N) is 4. The van der Waals surface area contributed by atoms with Crippen molar-refractivity contribution in [2.45, 2.75) is 25.2 Å². The zero-order chi connectivity index (χ0) is 11.6. The second-order valence-corrected chi connectivity index (χ2v) is 4.59. The summed E-state index contributed by atoms with van der Waals surface area (Å²) in [6, 6.07) is 0. The second-order valence-electron chi connectivity index (χ2n) is 4.59. The molecule has 88 valence electrons. The number of rotatable bonds is 3. The van der Waals surface area contributed by atoms with Crippen LogP contribution in [0.5, 0.6) is 0 Å². The number of piperidine rings is 1. The molecule has 0 aromatic carbocycles. The summed E-state index contributed by atoms with van der Waals surface area (Å²) < 4.78 is 12.7. The third-order valence-electron chi connectivity index (χ3n) is 3.24. The number of aromatic nitrogens is 4. The Morgan fingerprint density at radius 2 is 2.25 bits per heavy atom. The number of hydrogen-bond donors (Lipinski definition) is 1. The molecule has 6 heteroatoms. The van der Waals surface area contributed by atoms with Crippen LogP contribution in [0, 0.1) is 0 Å². The van der Waals surface area contributed by atoms with E-state index >= 15 is 0 Å². The minimum absolute atomic E-state index is 0.0405. The van der Waals surface area contributed by atoms with E-state index in [0.717, 1.165) is 31.8 Å². The van der Waals surface area contributed by atoms with Crippen LogP contribution in [0.3, 0.4) is 0 Å². The summed E-state index contributed by atoms with van der Waals surface area (Å²) in [5.74, 6) is 0.481. The average Bonchev–Trinajstić information content (AvgIpc) is 2.75. The third kappa shape index (κ3) is 2.27. The third-order valence-corrected chi connectivity index (χ3v) is 3.24. The fourth-order valence-corrected chi connectivity index (χ4v) is 2.09. The van der Waals surface area contributed by atoms with Gasteiger partial charge in [-0.15, -0.1) is 10.2 Å². The van der Waals surface area contributed by atoms with Gasteiger partial charge in [-0.2, -0.15) is 5.21 Å². The predicted octanol–water partition coefficient (Wildman–Crippen LogP) is 1.04. The van der Waals surface area contributed by atoms with Crippen LogP contribution in [-0.4, -0.2) is 45.2 Å². The lowest BCUT2D eigenvalue weighted by Crippen LogP contribution is -2.42. The molecular weight excluding hydrogens is 209 g/mol. The number of nitrogens with one attached hydrogen (secondary N) is 1. The number of H-pyrrole nitrogens is 1. The van der Waals surface area contributed by atoms with Crippen molar-refractivity contribution >= 4 is 0 Å². The van der Waals surface area contributed by atoms with Gasteiger partial charge < -0.3 is 0 Å². The van der Waals surface area contributed by atoms with E-state index in [1.54, 1.807) is 0 Å². The lowest BCUT2D eigenvalue weighted by molar-refractivity contribution is 0.167. The molecule has 1 aromatic heterocycles. The first-order valence-electron chi connectivity index (χ1n) is 5.40. The van der Waals surface area contributed by atoms with Crippen LogP contribution in [0.4, 0.5) is 4.39 Å². The fraction of sp³-hybridized carbons (Fsp3) is 0.700. The Hall–Kier alpha value is -1.30. The summed E-state index contributed by atoms with van der Waals surface area (Å²) in [7, 11) is 0. The van der Waals surface area contributed by atoms with Crippen molar-refractivity contribution in [3.8, 4) is 0 Å². The van der Waals surface area contributed by atoms with Gasteiger partial charge in [0.05, 0.1) is 0 Å². The standard InChI is InChI=1S/C10H16FN5/c1-8(11)7-16-5-3-10(2,4-6-16)9-12-14-15-13-9/h1,3-7H2,2H3,(H,12,13,14,15). The molecule has 2 rings (SSSR count). The Bertz CT molecular complexity index is 353. The van der Waals surface area contributed by atoms with Crippen LogP contribution in [0.15, 0.2) is 12.4 Å². The topological polar surface area (TPSA) is 57.7 Å². The number of tetrazole rings is 1. The molecule has 0 atom stereocenters. The van der Waals surface area contributed by atoms with E-state index in [4.69, 9.17) is 0 Å². The molecule has 0 aliphatic carbocycles. The van der Waals surface area contributed by atoms with Crippen molar-refractivity contribution in [1.29, 1.82) is 0 Å². The van der Waals surface area contributed by atoms with E-state index in [-0.39, 0.29) is 11.2 Å². The first-order chi connectivity index (χ1) is 7.60. The molecule has 1 saturated heterocycles. The van der Waals surface area contributed by atoms with Gasteiger partial charge >= 0.3 is 0 Å². The van der Waals surface area contributed by atoms with Crippen molar-refractivity contribution in [2.75, 3.05) is 19.6 Å². The van der Waals surface area contributed by atoms with E-state index < -0.39 is 0 Å². The van der Waals surface area contributed by atoms with Gasteiger partial charge in [0.1, 0.15) is 5.83 Å². The molecule has 0 amide bonds. The second kappa shape index (κ2) is 4.29. The molecule has 16 heavy (non-hydrogen) atoms. The van der Waals surface area contributed by atoms with E-state index in [1.807, 2.05) is 0 Å². The maximum atomic E-state index is 12.7. The largest absolute Gasteiger partial charge is 0.297 e. The molecule has 1 N–H and O–H groups in total. The normalized spacial score (nSPS) is 20.9. The Morgan fingerprint density at radius 3 is 2.75 bits per heavy atom. The smallest absolute Gasteiger partial charge is 0.180 e. The van der Waals surface area contributed by atoms with Gasteiger partial charge in [-0.3, -0.25) is 4.90 Å².